The van der Waals surface area contributed by atoms with Crippen LogP contribution in [0.4, 0.5) is 10.8 Å². The number of aryl methyl sites for hydroxylation is 1. The van der Waals surface area contributed by atoms with Crippen LogP contribution in [0.2, 0.25) is 0 Å². The van der Waals surface area contributed by atoms with Gasteiger partial charge in [0.25, 0.3) is 0 Å². The van der Waals surface area contributed by atoms with E-state index < -0.39 is 22.0 Å². The Hall–Kier alpha value is -2.30. The number of thiazole rings is 1. The van der Waals surface area contributed by atoms with Gasteiger partial charge >= 0.3 is 0 Å². The minimum Gasteiger partial charge on any atom is -0.309 e. The molecule has 8 nitrogen and oxygen atoms in total. The molecule has 1 aromatic carbocycles. The van der Waals surface area contributed by atoms with E-state index >= 15 is 0 Å². The van der Waals surface area contributed by atoms with Gasteiger partial charge in [0.15, 0.2) is 5.13 Å². The molecular weight excluding hydrogens is 424 g/mol. The maximum absolute atomic E-state index is 13.0. The zero-order valence-corrected chi connectivity index (χ0v) is 19.2. The average Bonchev–Trinajstić information content (AvgIpc) is 3.20. The highest BCUT2D eigenvalue weighted by Gasteiger charge is 2.32. The first-order valence-corrected chi connectivity index (χ1v) is 12.0. The van der Waals surface area contributed by atoms with Crippen LogP contribution in [0.3, 0.4) is 0 Å². The summed E-state index contributed by atoms with van der Waals surface area (Å²) >= 11 is 1.29. The summed E-state index contributed by atoms with van der Waals surface area (Å²) in [5.74, 6) is -0.812. The molecule has 1 aliphatic heterocycles. The van der Waals surface area contributed by atoms with Gasteiger partial charge in [-0.1, -0.05) is 13.8 Å². The molecule has 2 aromatic rings. The van der Waals surface area contributed by atoms with Gasteiger partial charge in [0.1, 0.15) is 6.04 Å². The van der Waals surface area contributed by atoms with Gasteiger partial charge in [-0.25, -0.2) is 13.4 Å². The lowest BCUT2D eigenvalue weighted by molar-refractivity contribution is -0.118. The maximum atomic E-state index is 13.0. The first kappa shape index (κ1) is 22.4. The van der Waals surface area contributed by atoms with Crippen molar-refractivity contribution in [2.24, 2.45) is 5.92 Å². The quantitative estimate of drug-likeness (QED) is 0.703. The Kier molecular flexibility index (Phi) is 6.30. The third-order valence-corrected chi connectivity index (χ3v) is 7.31. The fourth-order valence-corrected chi connectivity index (χ4v) is 5.66. The van der Waals surface area contributed by atoms with Crippen LogP contribution in [0.15, 0.2) is 28.5 Å². The topological polar surface area (TPSA) is 108 Å². The molecule has 30 heavy (non-hydrogen) atoms. The monoisotopic (exact) mass is 450 g/mol. The highest BCUT2D eigenvalue weighted by Crippen LogP contribution is 2.34. The van der Waals surface area contributed by atoms with Gasteiger partial charge in [-0.3, -0.25) is 9.59 Å². The summed E-state index contributed by atoms with van der Waals surface area (Å²) in [6.07, 6.45) is 0.579. The molecule has 2 heterocycles. The highest BCUT2D eigenvalue weighted by molar-refractivity contribution is 7.89. The number of anilines is 2. The van der Waals surface area contributed by atoms with Gasteiger partial charge in [0.2, 0.25) is 21.8 Å². The van der Waals surface area contributed by atoms with E-state index in [1.807, 2.05) is 13.8 Å². The largest absolute Gasteiger partial charge is 0.309 e. The zero-order chi connectivity index (χ0) is 22.2. The van der Waals surface area contributed by atoms with E-state index in [9.17, 15) is 18.0 Å². The van der Waals surface area contributed by atoms with Crippen molar-refractivity contribution >= 4 is 44.0 Å². The van der Waals surface area contributed by atoms with Crippen LogP contribution in [0, 0.1) is 12.8 Å². The number of rotatable bonds is 6. The number of carbonyl (C=O) groups excluding carboxylic acids is 2. The lowest BCUT2D eigenvalue weighted by Crippen LogP contribution is -2.47. The number of sulfonamides is 1. The van der Waals surface area contributed by atoms with Crippen molar-refractivity contribution in [1.82, 2.24) is 9.71 Å². The number of aromatic nitrogens is 1. The molecule has 0 unspecified atom stereocenters. The Morgan fingerprint density at radius 3 is 2.57 bits per heavy atom. The number of nitrogens with one attached hydrogen (secondary N) is 2. The number of benzene rings is 1. The number of fused-ring (bicyclic) bond motifs is 1. The molecule has 0 spiro atoms. The fraction of sp³-hybridized carbons (Fsp3) is 0.450. The molecule has 2 amide bonds. The van der Waals surface area contributed by atoms with E-state index in [0.29, 0.717) is 11.6 Å². The van der Waals surface area contributed by atoms with Gasteiger partial charge in [0.05, 0.1) is 10.6 Å². The van der Waals surface area contributed by atoms with Crippen LogP contribution in [0.5, 0.6) is 0 Å². The van der Waals surface area contributed by atoms with Gasteiger partial charge < -0.3 is 10.2 Å². The first-order valence-electron chi connectivity index (χ1n) is 9.67. The average molecular weight is 451 g/mol. The summed E-state index contributed by atoms with van der Waals surface area (Å²) in [5, 5.41) is 4.92. The summed E-state index contributed by atoms with van der Waals surface area (Å²) in [6.45, 7) is 8.78. The number of amides is 2. The summed E-state index contributed by atoms with van der Waals surface area (Å²) in [4.78, 5) is 30.5. The minimum atomic E-state index is -3.94. The van der Waals surface area contributed by atoms with E-state index in [1.54, 1.807) is 36.3 Å². The van der Waals surface area contributed by atoms with Crippen molar-refractivity contribution < 1.29 is 18.0 Å². The van der Waals surface area contributed by atoms with Gasteiger partial charge in [-0.2, -0.15) is 4.72 Å². The molecular formula is C20H26N4O4S2. The van der Waals surface area contributed by atoms with Gasteiger partial charge in [0, 0.05) is 24.0 Å². The predicted molar refractivity (Wildman–Crippen MR) is 117 cm³/mol. The Bertz CT molecular complexity index is 1080. The third kappa shape index (κ3) is 4.55. The van der Waals surface area contributed by atoms with Gasteiger partial charge in [-0.05, 0) is 49.9 Å². The molecule has 2 N–H and O–H groups in total. The molecule has 0 saturated carbocycles. The molecule has 0 aliphatic carbocycles. The van der Waals surface area contributed by atoms with E-state index in [0.717, 1.165) is 16.9 Å². The molecule has 1 aliphatic rings. The number of hydrogen-bond donors (Lipinski definition) is 2. The Labute approximate surface area is 180 Å². The molecule has 0 fully saturated rings. The highest BCUT2D eigenvalue weighted by atomic mass is 32.2. The normalized spacial score (nSPS) is 17.1. The van der Waals surface area contributed by atoms with Crippen molar-refractivity contribution in [3.63, 3.8) is 0 Å². The Morgan fingerprint density at radius 2 is 2.00 bits per heavy atom. The molecule has 162 valence electrons. The second kappa shape index (κ2) is 8.44. The van der Waals surface area contributed by atoms with Crippen LogP contribution in [0.1, 0.15) is 39.0 Å². The summed E-state index contributed by atoms with van der Waals surface area (Å²) < 4.78 is 28.6. The van der Waals surface area contributed by atoms with Crippen LogP contribution in [0.25, 0.3) is 0 Å². The number of carbonyl (C=O) groups is 2. The van der Waals surface area contributed by atoms with Crippen LogP contribution in [-0.2, 0) is 26.0 Å². The van der Waals surface area contributed by atoms with Crippen LogP contribution >= 0.6 is 11.3 Å². The minimum absolute atomic E-state index is 0.0284. The van der Waals surface area contributed by atoms with Crippen molar-refractivity contribution in [1.29, 1.82) is 0 Å². The van der Waals surface area contributed by atoms with Crippen LogP contribution < -0.4 is 14.9 Å². The predicted octanol–water partition coefficient (Wildman–Crippen LogP) is 2.69. The second-order valence-electron chi connectivity index (χ2n) is 7.86. The SMILES string of the molecule is CC(=O)N1c2ccc(S(=O)(=O)N[C@@H](C(=O)Nc3nc(C)cs3)C(C)C)cc2C[C@@H]1C. The van der Waals surface area contributed by atoms with Crippen molar-refractivity contribution in [3.05, 3.63) is 34.8 Å². The van der Waals surface area contributed by atoms with E-state index in [2.05, 4.69) is 15.0 Å². The fourth-order valence-electron chi connectivity index (χ4n) is 3.58. The van der Waals surface area contributed by atoms with E-state index in [4.69, 9.17) is 0 Å². The van der Waals surface area contributed by atoms with Crippen molar-refractivity contribution in [2.75, 3.05) is 10.2 Å². The first-order chi connectivity index (χ1) is 14.0. The van der Waals surface area contributed by atoms with E-state index in [1.165, 1.54) is 24.3 Å². The van der Waals surface area contributed by atoms with Crippen molar-refractivity contribution in [2.45, 2.75) is 58.0 Å². The smallest absolute Gasteiger partial charge is 0.244 e. The third-order valence-electron chi connectivity index (χ3n) is 5.00. The molecule has 3 rings (SSSR count). The Balaban J connectivity index is 1.83. The summed E-state index contributed by atoms with van der Waals surface area (Å²) in [5.41, 5.74) is 2.31. The van der Waals surface area contributed by atoms with Crippen molar-refractivity contribution in [3.8, 4) is 0 Å². The lowest BCUT2D eigenvalue weighted by atomic mass is 10.1. The molecule has 2 atom stereocenters. The van der Waals surface area contributed by atoms with Crippen LogP contribution in [-0.4, -0.2) is 37.3 Å². The number of nitrogens with zero attached hydrogens (tertiary/aromatic N) is 2. The second-order valence-corrected chi connectivity index (χ2v) is 10.4. The Morgan fingerprint density at radius 1 is 1.30 bits per heavy atom. The molecule has 10 heteroatoms. The lowest BCUT2D eigenvalue weighted by Gasteiger charge is -2.22. The molecule has 0 radical (unpaired) electrons. The molecule has 1 aromatic heterocycles. The maximum Gasteiger partial charge on any atom is 0.244 e. The molecule has 0 saturated heterocycles. The molecule has 0 bridgehead atoms. The summed E-state index contributed by atoms with van der Waals surface area (Å²) in [6, 6.07) is 3.71. The number of hydrogen-bond acceptors (Lipinski definition) is 6. The summed E-state index contributed by atoms with van der Waals surface area (Å²) in [7, 11) is -3.94. The zero-order valence-electron chi connectivity index (χ0n) is 17.6. The van der Waals surface area contributed by atoms with E-state index in [-0.39, 0.29) is 22.8 Å². The van der Waals surface area contributed by atoms with Gasteiger partial charge in [-0.15, -0.1) is 11.3 Å². The standard InChI is InChI=1S/C20H26N4O4S2/c1-11(2)18(19(26)22-20-21-12(3)10-29-20)23-30(27,28)16-6-7-17-15(9-16)8-13(4)24(17)14(5)25/h6-7,9-11,13,18,23H,8H2,1-5H3,(H,21,22,26)/t13-,18+/m0/s1.